The molecule has 116 valence electrons. The van der Waals surface area contributed by atoms with Crippen LogP contribution in [0.5, 0.6) is 5.75 Å². The van der Waals surface area contributed by atoms with E-state index in [0.29, 0.717) is 5.75 Å². The van der Waals surface area contributed by atoms with Crippen LogP contribution in [-0.4, -0.2) is 32.1 Å². The van der Waals surface area contributed by atoms with Gasteiger partial charge in [0, 0.05) is 18.7 Å². The van der Waals surface area contributed by atoms with Crippen LogP contribution in [0.1, 0.15) is 31.0 Å². The quantitative estimate of drug-likeness (QED) is 0.768. The van der Waals surface area contributed by atoms with E-state index in [2.05, 4.69) is 16.0 Å². The van der Waals surface area contributed by atoms with Crippen LogP contribution in [0.4, 0.5) is 4.79 Å². The molecule has 2 atom stereocenters. The summed E-state index contributed by atoms with van der Waals surface area (Å²) in [5.41, 5.74) is 2.00. The highest BCUT2D eigenvalue weighted by atomic mass is 16.5. The highest BCUT2D eigenvalue weighted by Gasteiger charge is 2.19. The molecule has 0 fully saturated rings. The third kappa shape index (κ3) is 4.75. The van der Waals surface area contributed by atoms with E-state index in [1.54, 1.807) is 6.92 Å². The molecule has 1 rings (SSSR count). The second-order valence-corrected chi connectivity index (χ2v) is 4.88. The Morgan fingerprint density at radius 3 is 2.43 bits per heavy atom. The number of nitrogens with one attached hydrogen (secondary N) is 3. The van der Waals surface area contributed by atoms with E-state index in [-0.39, 0.29) is 6.04 Å². The number of carbonyl (C=O) groups excluding carboxylic acids is 2. The van der Waals surface area contributed by atoms with Gasteiger partial charge in [0.05, 0.1) is 0 Å². The number of benzene rings is 1. The third-order valence-electron chi connectivity index (χ3n) is 3.21. The molecular weight excluding hydrogens is 270 g/mol. The second-order valence-electron chi connectivity index (χ2n) is 4.88. The lowest BCUT2D eigenvalue weighted by molar-refractivity contribution is -0.126. The van der Waals surface area contributed by atoms with Crippen molar-refractivity contribution in [3.8, 4) is 5.75 Å². The number of amides is 3. The molecule has 0 aliphatic carbocycles. The Balaban J connectivity index is 2.88. The normalized spacial score (nSPS) is 13.2. The van der Waals surface area contributed by atoms with E-state index in [1.807, 2.05) is 39.1 Å². The van der Waals surface area contributed by atoms with Crippen molar-refractivity contribution >= 4 is 11.9 Å². The summed E-state index contributed by atoms with van der Waals surface area (Å²) in [5.74, 6) is 0.148. The van der Waals surface area contributed by atoms with Gasteiger partial charge < -0.3 is 15.4 Å². The van der Waals surface area contributed by atoms with E-state index in [4.69, 9.17) is 4.74 Å². The summed E-state index contributed by atoms with van der Waals surface area (Å²) in [4.78, 5) is 23.0. The minimum Gasteiger partial charge on any atom is -0.481 e. The van der Waals surface area contributed by atoms with E-state index in [0.717, 1.165) is 11.1 Å². The summed E-state index contributed by atoms with van der Waals surface area (Å²) in [6.45, 7) is 5.57. The summed E-state index contributed by atoms with van der Waals surface area (Å²) in [6, 6.07) is 5.38. The zero-order chi connectivity index (χ0) is 16.0. The van der Waals surface area contributed by atoms with Gasteiger partial charge in [-0.05, 0) is 39.4 Å². The number of aryl methyl sites for hydroxylation is 1. The second kappa shape index (κ2) is 7.64. The first kappa shape index (κ1) is 17.0. The van der Waals surface area contributed by atoms with E-state index < -0.39 is 18.0 Å². The molecule has 1 aromatic rings. The van der Waals surface area contributed by atoms with Crippen molar-refractivity contribution in [1.82, 2.24) is 16.0 Å². The van der Waals surface area contributed by atoms with Crippen molar-refractivity contribution in [2.45, 2.75) is 32.9 Å². The Morgan fingerprint density at radius 2 is 1.86 bits per heavy atom. The Kier molecular flexibility index (Phi) is 6.17. The summed E-state index contributed by atoms with van der Waals surface area (Å²) >= 11 is 0. The molecule has 0 saturated carbocycles. The van der Waals surface area contributed by atoms with Crippen LogP contribution in [0, 0.1) is 6.92 Å². The molecule has 0 aliphatic rings. The van der Waals surface area contributed by atoms with E-state index >= 15 is 0 Å². The first-order chi connectivity index (χ1) is 9.88. The number of urea groups is 1. The van der Waals surface area contributed by atoms with E-state index in [9.17, 15) is 9.59 Å². The van der Waals surface area contributed by atoms with E-state index in [1.165, 1.54) is 7.05 Å². The number of rotatable bonds is 5. The molecule has 0 bridgehead atoms. The van der Waals surface area contributed by atoms with Gasteiger partial charge in [-0.3, -0.25) is 10.1 Å². The zero-order valence-electron chi connectivity index (χ0n) is 13.1. The largest absolute Gasteiger partial charge is 0.481 e. The predicted molar refractivity (Wildman–Crippen MR) is 81.3 cm³/mol. The third-order valence-corrected chi connectivity index (χ3v) is 3.21. The predicted octanol–water partition coefficient (Wildman–Crippen LogP) is 1.50. The van der Waals surface area contributed by atoms with Crippen molar-refractivity contribution in [3.05, 3.63) is 29.3 Å². The van der Waals surface area contributed by atoms with Gasteiger partial charge >= 0.3 is 6.03 Å². The smallest absolute Gasteiger partial charge is 0.321 e. The molecule has 6 nitrogen and oxygen atoms in total. The van der Waals surface area contributed by atoms with Crippen molar-refractivity contribution in [3.63, 3.8) is 0 Å². The lowest BCUT2D eigenvalue weighted by atomic mass is 10.1. The minimum absolute atomic E-state index is 0.0924. The maximum atomic E-state index is 11.8. The average molecular weight is 293 g/mol. The Morgan fingerprint density at radius 1 is 1.19 bits per heavy atom. The van der Waals surface area contributed by atoms with Gasteiger partial charge in [0.1, 0.15) is 5.75 Å². The van der Waals surface area contributed by atoms with Crippen LogP contribution in [0.2, 0.25) is 0 Å². The number of carbonyl (C=O) groups is 2. The molecular formula is C15H23N3O3. The van der Waals surface area contributed by atoms with Crippen molar-refractivity contribution in [1.29, 1.82) is 0 Å². The van der Waals surface area contributed by atoms with Gasteiger partial charge in [-0.25, -0.2) is 4.79 Å². The van der Waals surface area contributed by atoms with Gasteiger partial charge in [-0.2, -0.15) is 0 Å². The van der Waals surface area contributed by atoms with Gasteiger partial charge in [0.25, 0.3) is 5.91 Å². The van der Waals surface area contributed by atoms with Crippen LogP contribution in [0.25, 0.3) is 0 Å². The number of hydrogen-bond donors (Lipinski definition) is 3. The topological polar surface area (TPSA) is 79.5 Å². The number of hydrogen-bond acceptors (Lipinski definition) is 4. The summed E-state index contributed by atoms with van der Waals surface area (Å²) < 4.78 is 5.72. The molecule has 21 heavy (non-hydrogen) atoms. The fraction of sp³-hybridized carbons (Fsp3) is 0.467. The van der Waals surface area contributed by atoms with Crippen LogP contribution < -0.4 is 20.7 Å². The molecule has 6 heteroatoms. The first-order valence-electron chi connectivity index (χ1n) is 6.86. The first-order valence-corrected chi connectivity index (χ1v) is 6.86. The monoisotopic (exact) mass is 293 g/mol. The molecule has 0 spiro atoms. The highest BCUT2D eigenvalue weighted by Crippen LogP contribution is 2.27. The molecule has 0 heterocycles. The fourth-order valence-electron chi connectivity index (χ4n) is 1.78. The van der Waals surface area contributed by atoms with Crippen LogP contribution in [-0.2, 0) is 4.79 Å². The molecule has 0 aliphatic heterocycles. The van der Waals surface area contributed by atoms with Gasteiger partial charge in [0.15, 0.2) is 6.10 Å². The van der Waals surface area contributed by atoms with Gasteiger partial charge in [-0.15, -0.1) is 0 Å². The molecule has 1 aromatic carbocycles. The SMILES string of the molecule is CNC(=O)NC(=O)C(C)Oc1cc(C)ccc1C(C)NC. The Hall–Kier alpha value is -2.08. The van der Waals surface area contributed by atoms with Crippen molar-refractivity contribution in [2.24, 2.45) is 0 Å². The zero-order valence-corrected chi connectivity index (χ0v) is 13.1. The standard InChI is InChI=1S/C15H23N3O3/c1-9-6-7-12(10(2)16-4)13(8-9)21-11(3)14(19)18-15(20)17-5/h6-8,10-11,16H,1-5H3,(H2,17,18,19,20). The fourth-order valence-corrected chi connectivity index (χ4v) is 1.78. The lowest BCUT2D eigenvalue weighted by Crippen LogP contribution is -2.44. The van der Waals surface area contributed by atoms with Crippen molar-refractivity contribution in [2.75, 3.05) is 14.1 Å². The lowest BCUT2D eigenvalue weighted by Gasteiger charge is -2.20. The molecule has 0 saturated heterocycles. The summed E-state index contributed by atoms with van der Waals surface area (Å²) in [7, 11) is 3.30. The average Bonchev–Trinajstić information content (AvgIpc) is 2.46. The van der Waals surface area contributed by atoms with Gasteiger partial charge in [-0.1, -0.05) is 12.1 Å². The van der Waals surface area contributed by atoms with Gasteiger partial charge in [0.2, 0.25) is 0 Å². The van der Waals surface area contributed by atoms with Crippen LogP contribution in [0.15, 0.2) is 18.2 Å². The minimum atomic E-state index is -0.771. The number of imide groups is 1. The number of ether oxygens (including phenoxy) is 1. The summed E-state index contributed by atoms with van der Waals surface area (Å²) in [5, 5.41) is 7.66. The Bertz CT molecular complexity index is 517. The maximum absolute atomic E-state index is 11.8. The maximum Gasteiger partial charge on any atom is 0.321 e. The van der Waals surface area contributed by atoms with Crippen molar-refractivity contribution < 1.29 is 14.3 Å². The molecule has 0 aromatic heterocycles. The molecule has 3 amide bonds. The summed E-state index contributed by atoms with van der Waals surface area (Å²) in [6.07, 6.45) is -0.771. The molecule has 0 radical (unpaired) electrons. The highest BCUT2D eigenvalue weighted by molar-refractivity contribution is 5.96. The van der Waals surface area contributed by atoms with Crippen LogP contribution in [0.3, 0.4) is 0 Å². The Labute approximate surface area is 125 Å². The molecule has 2 unspecified atom stereocenters. The molecule has 3 N–H and O–H groups in total. The van der Waals surface area contributed by atoms with Crippen LogP contribution >= 0.6 is 0 Å².